The van der Waals surface area contributed by atoms with Gasteiger partial charge in [0, 0.05) is 29.8 Å². The van der Waals surface area contributed by atoms with Crippen LogP contribution in [0.15, 0.2) is 72.8 Å². The molecule has 0 spiro atoms. The van der Waals surface area contributed by atoms with Crippen molar-refractivity contribution in [3.8, 4) is 0 Å². The fourth-order valence-corrected chi connectivity index (χ4v) is 6.17. The lowest BCUT2D eigenvalue weighted by molar-refractivity contribution is -0.139. The van der Waals surface area contributed by atoms with Crippen LogP contribution in [-0.4, -0.2) is 34.6 Å². The first kappa shape index (κ1) is 29.8. The Balaban J connectivity index is 1.57. The van der Waals surface area contributed by atoms with Gasteiger partial charge >= 0.3 is 0 Å². The minimum atomic E-state index is -0.660. The molecule has 3 aromatic carbocycles. The van der Waals surface area contributed by atoms with Crippen molar-refractivity contribution < 1.29 is 9.59 Å². The number of halogens is 3. The van der Waals surface area contributed by atoms with Crippen LogP contribution in [0.4, 0.5) is 0 Å². The van der Waals surface area contributed by atoms with Crippen LogP contribution in [0.5, 0.6) is 0 Å². The Labute approximate surface area is 250 Å². The van der Waals surface area contributed by atoms with Gasteiger partial charge in [0.1, 0.15) is 6.04 Å². The number of amides is 2. The standard InChI is InChI=1S/C31H33Cl3N2O2S/c32-25-14-11-23(12-15-25)20-39-21-30(37)36(19-24-13-16-27(33)28(34)17-24)29(18-22-7-3-1-4-8-22)31(38)35-26-9-5-2-6-10-26/h1,3-4,7-8,11-17,26,29H,2,5-6,9-10,18-21H2,(H,35,38). The van der Waals surface area contributed by atoms with Crippen LogP contribution >= 0.6 is 46.6 Å². The summed E-state index contributed by atoms with van der Waals surface area (Å²) in [7, 11) is 0. The normalized spacial score (nSPS) is 14.5. The highest BCUT2D eigenvalue weighted by molar-refractivity contribution is 7.99. The van der Waals surface area contributed by atoms with Crippen molar-refractivity contribution in [2.45, 2.75) is 62.9 Å². The third-order valence-corrected chi connectivity index (χ3v) is 8.95. The third kappa shape index (κ3) is 9.18. The molecular formula is C31H33Cl3N2O2S. The van der Waals surface area contributed by atoms with Crippen molar-refractivity contribution in [2.75, 3.05) is 5.75 Å². The number of benzene rings is 3. The van der Waals surface area contributed by atoms with Crippen LogP contribution in [0.3, 0.4) is 0 Å². The van der Waals surface area contributed by atoms with Gasteiger partial charge < -0.3 is 10.2 Å². The molecule has 1 atom stereocenters. The first-order valence-electron chi connectivity index (χ1n) is 13.3. The Hall–Kier alpha value is -2.18. The Bertz CT molecular complexity index is 1230. The zero-order valence-electron chi connectivity index (χ0n) is 21.8. The number of hydrogen-bond donors (Lipinski definition) is 1. The van der Waals surface area contributed by atoms with E-state index in [4.69, 9.17) is 34.8 Å². The molecule has 0 heterocycles. The van der Waals surface area contributed by atoms with Crippen LogP contribution in [0.2, 0.25) is 15.1 Å². The van der Waals surface area contributed by atoms with Crippen LogP contribution in [0, 0.1) is 0 Å². The summed E-state index contributed by atoms with van der Waals surface area (Å²) in [6, 6.07) is 22.3. The molecule has 0 saturated heterocycles. The summed E-state index contributed by atoms with van der Waals surface area (Å²) >= 11 is 20.0. The monoisotopic (exact) mass is 602 g/mol. The van der Waals surface area contributed by atoms with E-state index in [1.807, 2.05) is 60.7 Å². The van der Waals surface area contributed by atoms with Crippen molar-refractivity contribution in [3.63, 3.8) is 0 Å². The average molecular weight is 604 g/mol. The molecule has 8 heteroatoms. The number of rotatable bonds is 11. The molecule has 2 amide bonds. The first-order chi connectivity index (χ1) is 18.9. The minimum Gasteiger partial charge on any atom is -0.352 e. The maximum absolute atomic E-state index is 13.8. The maximum atomic E-state index is 13.8. The molecule has 3 aromatic rings. The highest BCUT2D eigenvalue weighted by Crippen LogP contribution is 2.25. The van der Waals surface area contributed by atoms with Gasteiger partial charge in [-0.25, -0.2) is 0 Å². The molecule has 4 rings (SSSR count). The molecule has 1 saturated carbocycles. The number of nitrogens with one attached hydrogen (secondary N) is 1. The summed E-state index contributed by atoms with van der Waals surface area (Å²) in [5.74, 6) is 0.703. The van der Waals surface area contributed by atoms with E-state index in [2.05, 4.69) is 5.32 Å². The summed E-state index contributed by atoms with van der Waals surface area (Å²) in [6.45, 7) is 0.257. The topological polar surface area (TPSA) is 49.4 Å². The van der Waals surface area contributed by atoms with E-state index in [0.717, 1.165) is 42.4 Å². The predicted molar refractivity (Wildman–Crippen MR) is 164 cm³/mol. The number of nitrogens with zero attached hydrogens (tertiary/aromatic N) is 1. The Morgan fingerprint density at radius 3 is 2.23 bits per heavy atom. The molecule has 1 aliphatic carbocycles. The summed E-state index contributed by atoms with van der Waals surface area (Å²) in [5, 5.41) is 4.82. The lowest BCUT2D eigenvalue weighted by atomic mass is 9.94. The fourth-order valence-electron chi connectivity index (χ4n) is 4.85. The SMILES string of the molecule is O=C(NC1CCCCC1)C(Cc1ccccc1)N(Cc1ccc(Cl)c(Cl)c1)C(=O)CSCc1ccc(Cl)cc1. The number of carbonyl (C=O) groups is 2. The maximum Gasteiger partial charge on any atom is 0.243 e. The molecule has 1 N–H and O–H groups in total. The average Bonchev–Trinajstić information content (AvgIpc) is 2.94. The fraction of sp³-hybridized carbons (Fsp3) is 0.355. The van der Waals surface area contributed by atoms with Crippen LogP contribution in [0.1, 0.15) is 48.8 Å². The largest absolute Gasteiger partial charge is 0.352 e. The second-order valence-electron chi connectivity index (χ2n) is 9.94. The van der Waals surface area contributed by atoms with Crippen molar-refractivity contribution in [1.29, 1.82) is 0 Å². The smallest absolute Gasteiger partial charge is 0.243 e. The number of carbonyl (C=O) groups excluding carboxylic acids is 2. The lowest BCUT2D eigenvalue weighted by Gasteiger charge is -2.33. The van der Waals surface area contributed by atoms with Gasteiger partial charge in [-0.1, -0.05) is 103 Å². The summed E-state index contributed by atoms with van der Waals surface area (Å²) < 4.78 is 0. The molecule has 0 radical (unpaired) electrons. The van der Waals surface area contributed by atoms with E-state index in [0.29, 0.717) is 27.2 Å². The highest BCUT2D eigenvalue weighted by atomic mass is 35.5. The summed E-state index contributed by atoms with van der Waals surface area (Å²) in [4.78, 5) is 29.4. The second kappa shape index (κ2) is 15.0. The van der Waals surface area contributed by atoms with E-state index >= 15 is 0 Å². The van der Waals surface area contributed by atoms with Crippen LogP contribution in [-0.2, 0) is 28.3 Å². The highest BCUT2D eigenvalue weighted by Gasteiger charge is 2.32. The Morgan fingerprint density at radius 2 is 1.54 bits per heavy atom. The van der Waals surface area contributed by atoms with Gasteiger partial charge in [-0.3, -0.25) is 9.59 Å². The van der Waals surface area contributed by atoms with Gasteiger partial charge in [0.15, 0.2) is 0 Å². The second-order valence-corrected chi connectivity index (χ2v) is 12.2. The molecule has 1 fully saturated rings. The van der Waals surface area contributed by atoms with Gasteiger partial charge in [-0.15, -0.1) is 11.8 Å². The van der Waals surface area contributed by atoms with Crippen molar-refractivity contribution in [1.82, 2.24) is 10.2 Å². The quantitative estimate of drug-likeness (QED) is 0.242. The molecule has 0 bridgehead atoms. The van der Waals surface area contributed by atoms with Gasteiger partial charge in [0.2, 0.25) is 11.8 Å². The zero-order chi connectivity index (χ0) is 27.6. The molecule has 4 nitrogen and oxygen atoms in total. The van der Waals surface area contributed by atoms with E-state index < -0.39 is 6.04 Å². The molecule has 1 aliphatic rings. The lowest BCUT2D eigenvalue weighted by Crippen LogP contribution is -2.53. The van der Waals surface area contributed by atoms with Crippen LogP contribution in [0.25, 0.3) is 0 Å². The van der Waals surface area contributed by atoms with E-state index in [1.54, 1.807) is 17.0 Å². The van der Waals surface area contributed by atoms with Crippen molar-refractivity contribution in [2.24, 2.45) is 0 Å². The number of thioether (sulfide) groups is 1. The minimum absolute atomic E-state index is 0.0974. The van der Waals surface area contributed by atoms with Gasteiger partial charge in [0.25, 0.3) is 0 Å². The Kier molecular flexibility index (Phi) is 11.5. The van der Waals surface area contributed by atoms with Gasteiger partial charge in [-0.2, -0.15) is 0 Å². The van der Waals surface area contributed by atoms with Gasteiger partial charge in [-0.05, 0) is 53.8 Å². The van der Waals surface area contributed by atoms with E-state index in [9.17, 15) is 9.59 Å². The van der Waals surface area contributed by atoms with Crippen molar-refractivity contribution in [3.05, 3.63) is 105 Å². The van der Waals surface area contributed by atoms with E-state index in [-0.39, 0.29) is 30.2 Å². The summed E-state index contributed by atoms with van der Waals surface area (Å²) in [6.07, 6.45) is 5.80. The zero-order valence-corrected chi connectivity index (χ0v) is 24.8. The summed E-state index contributed by atoms with van der Waals surface area (Å²) in [5.41, 5.74) is 2.91. The molecule has 1 unspecified atom stereocenters. The van der Waals surface area contributed by atoms with Gasteiger partial charge in [0.05, 0.1) is 15.8 Å². The molecular weight excluding hydrogens is 571 g/mol. The molecule has 206 valence electrons. The van der Waals surface area contributed by atoms with E-state index in [1.165, 1.54) is 18.2 Å². The molecule has 0 aromatic heterocycles. The predicted octanol–water partition coefficient (Wildman–Crippen LogP) is 7.97. The first-order valence-corrected chi connectivity index (χ1v) is 15.6. The molecule has 0 aliphatic heterocycles. The van der Waals surface area contributed by atoms with Crippen molar-refractivity contribution >= 4 is 58.4 Å². The molecule has 39 heavy (non-hydrogen) atoms. The Morgan fingerprint density at radius 1 is 0.846 bits per heavy atom. The third-order valence-electron chi connectivity index (χ3n) is 6.97. The van der Waals surface area contributed by atoms with Crippen LogP contribution < -0.4 is 5.32 Å². The number of hydrogen-bond acceptors (Lipinski definition) is 3.